The highest BCUT2D eigenvalue weighted by Gasteiger charge is 2.17. The van der Waals surface area contributed by atoms with Crippen molar-refractivity contribution < 1.29 is 14.3 Å². The van der Waals surface area contributed by atoms with E-state index in [1.165, 1.54) is 6.07 Å². The number of carboxylic acids is 1. The molecule has 1 aliphatic rings. The molecule has 0 saturated carbocycles. The molecule has 6 heteroatoms. The highest BCUT2D eigenvalue weighted by atomic mass is 35.5. The van der Waals surface area contributed by atoms with Crippen LogP contribution < -0.4 is 0 Å². The molecule has 0 aromatic heterocycles. The molecule has 0 aliphatic carbocycles. The lowest BCUT2D eigenvalue weighted by atomic mass is 10.2. The van der Waals surface area contributed by atoms with Gasteiger partial charge in [0.1, 0.15) is 5.82 Å². The molecule has 0 amide bonds. The van der Waals surface area contributed by atoms with Crippen molar-refractivity contribution in [3.05, 3.63) is 34.6 Å². The molecular formula is C14H18ClFN2O2. The van der Waals surface area contributed by atoms with Crippen LogP contribution in [0.2, 0.25) is 5.02 Å². The molecule has 110 valence electrons. The van der Waals surface area contributed by atoms with Gasteiger partial charge in [-0.25, -0.2) is 4.39 Å². The zero-order valence-corrected chi connectivity index (χ0v) is 11.9. The molecule has 1 saturated heterocycles. The summed E-state index contributed by atoms with van der Waals surface area (Å²) in [4.78, 5) is 14.9. The van der Waals surface area contributed by atoms with Gasteiger partial charge in [0, 0.05) is 39.3 Å². The van der Waals surface area contributed by atoms with Crippen LogP contribution >= 0.6 is 11.6 Å². The summed E-state index contributed by atoms with van der Waals surface area (Å²) in [6.45, 7) is 4.84. The second-order valence-electron chi connectivity index (χ2n) is 5.01. The predicted molar refractivity (Wildman–Crippen MR) is 75.4 cm³/mol. The number of nitrogens with zero attached hydrogens (tertiary/aromatic N) is 2. The fraction of sp³-hybridized carbons (Fsp3) is 0.500. The number of carboxylic acid groups (broad SMARTS) is 1. The average molecular weight is 301 g/mol. The highest BCUT2D eigenvalue weighted by molar-refractivity contribution is 6.30. The summed E-state index contributed by atoms with van der Waals surface area (Å²) in [7, 11) is 0. The van der Waals surface area contributed by atoms with Gasteiger partial charge in [-0.15, -0.1) is 0 Å². The van der Waals surface area contributed by atoms with Crippen LogP contribution in [0.1, 0.15) is 12.0 Å². The Hall–Kier alpha value is -1.17. The van der Waals surface area contributed by atoms with Crippen molar-refractivity contribution in [2.45, 2.75) is 13.0 Å². The minimum atomic E-state index is -0.756. The van der Waals surface area contributed by atoms with E-state index in [1.54, 1.807) is 12.1 Å². The summed E-state index contributed by atoms with van der Waals surface area (Å²) < 4.78 is 13.1. The molecule has 1 aromatic carbocycles. The van der Waals surface area contributed by atoms with Crippen LogP contribution in [0.15, 0.2) is 18.2 Å². The number of benzene rings is 1. The molecule has 0 radical (unpaired) electrons. The molecule has 0 spiro atoms. The predicted octanol–water partition coefficient (Wildman–Crippen LogP) is 2.07. The second-order valence-corrected chi connectivity index (χ2v) is 5.42. The van der Waals surface area contributed by atoms with E-state index >= 15 is 0 Å². The molecule has 1 aromatic rings. The highest BCUT2D eigenvalue weighted by Crippen LogP contribution is 2.17. The normalized spacial score (nSPS) is 17.3. The Bertz CT molecular complexity index is 476. The number of hydrogen-bond acceptors (Lipinski definition) is 3. The molecule has 1 aliphatic heterocycles. The van der Waals surface area contributed by atoms with Gasteiger partial charge < -0.3 is 10.0 Å². The number of halogens is 2. The Morgan fingerprint density at radius 3 is 2.50 bits per heavy atom. The molecule has 1 fully saturated rings. The Kier molecular flexibility index (Phi) is 5.34. The van der Waals surface area contributed by atoms with Crippen LogP contribution in [0.4, 0.5) is 4.39 Å². The maximum Gasteiger partial charge on any atom is 0.304 e. The number of carbonyl (C=O) groups is 1. The van der Waals surface area contributed by atoms with Gasteiger partial charge in [-0.1, -0.05) is 17.7 Å². The van der Waals surface area contributed by atoms with Crippen molar-refractivity contribution >= 4 is 17.6 Å². The van der Waals surface area contributed by atoms with Crippen molar-refractivity contribution in [3.63, 3.8) is 0 Å². The largest absolute Gasteiger partial charge is 0.481 e. The minimum absolute atomic E-state index is 0.155. The van der Waals surface area contributed by atoms with E-state index in [-0.39, 0.29) is 11.4 Å². The molecule has 1 heterocycles. The summed E-state index contributed by atoms with van der Waals surface area (Å²) in [6.07, 6.45) is 0.188. The van der Waals surface area contributed by atoms with E-state index in [9.17, 15) is 9.18 Å². The third-order valence-electron chi connectivity index (χ3n) is 3.50. The van der Waals surface area contributed by atoms with Crippen LogP contribution in [0.3, 0.4) is 0 Å². The maximum atomic E-state index is 13.1. The first-order valence-corrected chi connectivity index (χ1v) is 7.03. The number of hydrogen-bond donors (Lipinski definition) is 1. The van der Waals surface area contributed by atoms with Gasteiger partial charge in [0.05, 0.1) is 11.4 Å². The fourth-order valence-corrected chi connectivity index (χ4v) is 2.52. The van der Waals surface area contributed by atoms with E-state index in [4.69, 9.17) is 16.7 Å². The van der Waals surface area contributed by atoms with Gasteiger partial charge in [-0.2, -0.15) is 0 Å². The van der Waals surface area contributed by atoms with E-state index in [0.717, 1.165) is 38.3 Å². The summed E-state index contributed by atoms with van der Waals surface area (Å²) in [6, 6.07) is 4.80. The van der Waals surface area contributed by atoms with Gasteiger partial charge in [0.15, 0.2) is 0 Å². The monoisotopic (exact) mass is 300 g/mol. The number of piperazine rings is 1. The van der Waals surface area contributed by atoms with Crippen LogP contribution in [-0.2, 0) is 11.3 Å². The maximum absolute atomic E-state index is 13.1. The first-order chi connectivity index (χ1) is 9.54. The number of aliphatic carboxylic acids is 1. The topological polar surface area (TPSA) is 43.8 Å². The van der Waals surface area contributed by atoms with Gasteiger partial charge in [-0.05, 0) is 17.7 Å². The van der Waals surface area contributed by atoms with Gasteiger partial charge >= 0.3 is 5.97 Å². The molecule has 0 atom stereocenters. The summed E-state index contributed by atoms with van der Waals surface area (Å²) in [5, 5.41) is 8.81. The van der Waals surface area contributed by atoms with Crippen LogP contribution in [-0.4, -0.2) is 53.6 Å². The van der Waals surface area contributed by atoms with E-state index in [0.29, 0.717) is 6.54 Å². The SMILES string of the molecule is O=C(O)CCN1CCN(Cc2ccc(F)c(Cl)c2)CC1. The Morgan fingerprint density at radius 1 is 1.25 bits per heavy atom. The average Bonchev–Trinajstić information content (AvgIpc) is 2.42. The Balaban J connectivity index is 1.79. The van der Waals surface area contributed by atoms with Crippen LogP contribution in [0.25, 0.3) is 0 Å². The lowest BCUT2D eigenvalue weighted by molar-refractivity contribution is -0.137. The smallest absolute Gasteiger partial charge is 0.304 e. The number of rotatable bonds is 5. The quantitative estimate of drug-likeness (QED) is 0.904. The molecule has 2 rings (SSSR count). The second kappa shape index (κ2) is 7.02. The fourth-order valence-electron chi connectivity index (χ4n) is 2.32. The van der Waals surface area contributed by atoms with Crippen molar-refractivity contribution in [1.29, 1.82) is 0 Å². The van der Waals surface area contributed by atoms with Gasteiger partial charge in [0.2, 0.25) is 0 Å². The lowest BCUT2D eigenvalue weighted by Crippen LogP contribution is -2.46. The van der Waals surface area contributed by atoms with E-state index in [1.807, 2.05) is 0 Å². The molecule has 0 unspecified atom stereocenters. The first kappa shape index (κ1) is 15.2. The van der Waals surface area contributed by atoms with Crippen molar-refractivity contribution in [2.24, 2.45) is 0 Å². The van der Waals surface area contributed by atoms with Crippen molar-refractivity contribution in [3.8, 4) is 0 Å². The first-order valence-electron chi connectivity index (χ1n) is 6.65. The minimum Gasteiger partial charge on any atom is -0.481 e. The van der Waals surface area contributed by atoms with Gasteiger partial charge in [0.25, 0.3) is 0 Å². The Labute approximate surface area is 122 Å². The molecule has 20 heavy (non-hydrogen) atoms. The summed E-state index contributed by atoms with van der Waals surface area (Å²) in [5.74, 6) is -1.15. The molecule has 0 bridgehead atoms. The van der Waals surface area contributed by atoms with Crippen molar-refractivity contribution in [2.75, 3.05) is 32.7 Å². The molecule has 1 N–H and O–H groups in total. The summed E-state index contributed by atoms with van der Waals surface area (Å²) >= 11 is 5.77. The third-order valence-corrected chi connectivity index (χ3v) is 3.79. The van der Waals surface area contributed by atoms with E-state index in [2.05, 4.69) is 9.80 Å². The summed E-state index contributed by atoms with van der Waals surface area (Å²) in [5.41, 5.74) is 0.996. The van der Waals surface area contributed by atoms with Crippen LogP contribution in [0.5, 0.6) is 0 Å². The van der Waals surface area contributed by atoms with E-state index < -0.39 is 11.8 Å². The molecular weight excluding hydrogens is 283 g/mol. The van der Waals surface area contributed by atoms with Crippen molar-refractivity contribution in [1.82, 2.24) is 9.80 Å². The zero-order valence-electron chi connectivity index (χ0n) is 11.2. The lowest BCUT2D eigenvalue weighted by Gasteiger charge is -2.34. The third kappa shape index (κ3) is 4.44. The van der Waals surface area contributed by atoms with Crippen LogP contribution in [0, 0.1) is 5.82 Å². The molecule has 4 nitrogen and oxygen atoms in total. The zero-order chi connectivity index (χ0) is 14.5. The Morgan fingerprint density at radius 2 is 1.90 bits per heavy atom. The van der Waals surface area contributed by atoms with Gasteiger partial charge in [-0.3, -0.25) is 9.69 Å². The standard InChI is InChI=1S/C14H18ClFN2O2/c15-12-9-11(1-2-13(12)16)10-18-7-5-17(6-8-18)4-3-14(19)20/h1-2,9H,3-8,10H2,(H,19,20).